The van der Waals surface area contributed by atoms with E-state index in [9.17, 15) is 9.59 Å². The Kier molecular flexibility index (Phi) is 3.08. The van der Waals surface area contributed by atoms with Crippen LogP contribution in [0.25, 0.3) is 10.9 Å². The lowest BCUT2D eigenvalue weighted by molar-refractivity contribution is 0.0937. The third kappa shape index (κ3) is 1.92. The highest BCUT2D eigenvalue weighted by atomic mass is 16.2. The summed E-state index contributed by atoms with van der Waals surface area (Å²) in [6.45, 7) is 4.78. The fourth-order valence-corrected chi connectivity index (χ4v) is 2.72. The maximum Gasteiger partial charge on any atom is 0.256 e. The van der Waals surface area contributed by atoms with Crippen LogP contribution in [0.15, 0.2) is 29.2 Å². The maximum absolute atomic E-state index is 12.5. The molecule has 1 N–H and O–H groups in total. The Bertz CT molecular complexity index is 746. The molecule has 0 saturated heterocycles. The van der Waals surface area contributed by atoms with Gasteiger partial charge >= 0.3 is 0 Å². The van der Waals surface area contributed by atoms with Gasteiger partial charge < -0.3 is 9.88 Å². The number of hydrogen-bond acceptors (Lipinski definition) is 2. The molecular weight excluding hydrogens is 252 g/mol. The summed E-state index contributed by atoms with van der Waals surface area (Å²) >= 11 is 0. The molecule has 0 radical (unpaired) electrons. The van der Waals surface area contributed by atoms with E-state index in [0.29, 0.717) is 5.39 Å². The molecule has 1 aliphatic heterocycles. The second-order valence-corrected chi connectivity index (χ2v) is 5.41. The largest absolute Gasteiger partial charge is 0.349 e. The minimum absolute atomic E-state index is 0.0718. The molecule has 0 spiro atoms. The molecule has 20 heavy (non-hydrogen) atoms. The molecule has 2 heterocycles. The summed E-state index contributed by atoms with van der Waals surface area (Å²) in [6.07, 6.45) is 3.48. The Morgan fingerprint density at radius 1 is 1.45 bits per heavy atom. The number of pyridine rings is 1. The van der Waals surface area contributed by atoms with Crippen LogP contribution in [0.5, 0.6) is 0 Å². The van der Waals surface area contributed by atoms with Gasteiger partial charge in [-0.05, 0) is 31.4 Å². The number of benzene rings is 1. The molecule has 0 saturated carbocycles. The average molecular weight is 270 g/mol. The van der Waals surface area contributed by atoms with Crippen LogP contribution in [0.2, 0.25) is 0 Å². The molecule has 0 fully saturated rings. The highest BCUT2D eigenvalue weighted by molar-refractivity contribution is 5.98. The van der Waals surface area contributed by atoms with Gasteiger partial charge in [0.15, 0.2) is 0 Å². The van der Waals surface area contributed by atoms with E-state index in [1.165, 1.54) is 5.56 Å². The number of nitrogens with one attached hydrogen (secondary N) is 1. The Morgan fingerprint density at radius 3 is 3.00 bits per heavy atom. The molecule has 104 valence electrons. The van der Waals surface area contributed by atoms with Gasteiger partial charge in [0.05, 0.1) is 5.52 Å². The van der Waals surface area contributed by atoms with Gasteiger partial charge in [0.1, 0.15) is 5.56 Å². The van der Waals surface area contributed by atoms with E-state index in [4.69, 9.17) is 0 Å². The van der Waals surface area contributed by atoms with Crippen molar-refractivity contribution in [2.45, 2.75) is 39.3 Å². The molecule has 4 heteroatoms. The molecule has 2 aromatic rings. The number of hydrogen-bond donors (Lipinski definition) is 1. The standard InChI is InChI=1S/C16H18N2O2/c1-3-10(2)17-16(20)13-9-18-8-7-11-5-4-6-12(14(11)18)15(13)19/h4-6,9-10H,3,7-8H2,1-2H3,(H,17,20)/t10-/m0/s1. The van der Waals surface area contributed by atoms with Gasteiger partial charge in [-0.1, -0.05) is 19.1 Å². The summed E-state index contributed by atoms with van der Waals surface area (Å²) in [4.78, 5) is 24.7. The lowest BCUT2D eigenvalue weighted by Gasteiger charge is -2.12. The number of carbonyl (C=O) groups excluding carboxylic acids is 1. The van der Waals surface area contributed by atoms with E-state index < -0.39 is 0 Å². The Hall–Kier alpha value is -2.10. The summed E-state index contributed by atoms with van der Waals surface area (Å²) in [5.74, 6) is -0.271. The predicted octanol–water partition coefficient (Wildman–Crippen LogP) is 2.09. The summed E-state index contributed by atoms with van der Waals surface area (Å²) in [5.41, 5.74) is 2.25. The molecule has 0 aliphatic carbocycles. The van der Waals surface area contributed by atoms with Crippen molar-refractivity contribution in [2.24, 2.45) is 0 Å². The molecule has 1 aromatic heterocycles. The summed E-state index contributed by atoms with van der Waals surface area (Å²) in [5, 5.41) is 3.52. The fraction of sp³-hybridized carbons (Fsp3) is 0.375. The van der Waals surface area contributed by atoms with Gasteiger partial charge in [0.25, 0.3) is 5.91 Å². The molecule has 0 unspecified atom stereocenters. The van der Waals surface area contributed by atoms with Gasteiger partial charge in [-0.3, -0.25) is 9.59 Å². The first-order chi connectivity index (χ1) is 9.61. The fourth-order valence-electron chi connectivity index (χ4n) is 2.72. The lowest BCUT2D eigenvalue weighted by atomic mass is 10.1. The van der Waals surface area contributed by atoms with Crippen LogP contribution in [0, 0.1) is 0 Å². The van der Waals surface area contributed by atoms with Crippen molar-refractivity contribution < 1.29 is 4.79 Å². The first-order valence-electron chi connectivity index (χ1n) is 7.07. The Morgan fingerprint density at radius 2 is 2.25 bits per heavy atom. The van der Waals surface area contributed by atoms with Crippen molar-refractivity contribution in [1.29, 1.82) is 0 Å². The van der Waals surface area contributed by atoms with E-state index in [1.807, 2.05) is 36.6 Å². The predicted molar refractivity (Wildman–Crippen MR) is 79.1 cm³/mol. The third-order valence-corrected chi connectivity index (χ3v) is 4.04. The smallest absolute Gasteiger partial charge is 0.256 e. The zero-order valence-corrected chi connectivity index (χ0v) is 11.8. The van der Waals surface area contributed by atoms with Crippen LogP contribution in [0.3, 0.4) is 0 Å². The van der Waals surface area contributed by atoms with Gasteiger partial charge in [-0.2, -0.15) is 0 Å². The first-order valence-corrected chi connectivity index (χ1v) is 7.07. The Balaban J connectivity index is 2.14. The quantitative estimate of drug-likeness (QED) is 0.928. The highest BCUT2D eigenvalue weighted by Gasteiger charge is 2.20. The Labute approximate surface area is 117 Å². The van der Waals surface area contributed by atoms with Crippen molar-refractivity contribution in [3.63, 3.8) is 0 Å². The molecule has 0 bridgehead atoms. The first kappa shape index (κ1) is 12.9. The number of para-hydroxylation sites is 1. The molecule has 1 atom stereocenters. The SMILES string of the molecule is CC[C@H](C)NC(=O)c1cn2c3c(cccc3c1=O)CC2. The van der Waals surface area contributed by atoms with Gasteiger partial charge in [-0.25, -0.2) is 0 Å². The van der Waals surface area contributed by atoms with E-state index in [1.54, 1.807) is 6.20 Å². The third-order valence-electron chi connectivity index (χ3n) is 4.04. The van der Waals surface area contributed by atoms with Crippen molar-refractivity contribution in [3.05, 3.63) is 45.7 Å². The van der Waals surface area contributed by atoms with Crippen molar-refractivity contribution >= 4 is 16.8 Å². The van der Waals surface area contributed by atoms with Crippen LogP contribution in [-0.2, 0) is 13.0 Å². The number of carbonyl (C=O) groups is 1. The van der Waals surface area contributed by atoms with E-state index >= 15 is 0 Å². The van der Waals surface area contributed by atoms with Crippen LogP contribution in [-0.4, -0.2) is 16.5 Å². The molecule has 1 aliphatic rings. The van der Waals surface area contributed by atoms with Gasteiger partial charge in [0.2, 0.25) is 5.43 Å². The zero-order chi connectivity index (χ0) is 14.3. The molecule has 3 rings (SSSR count). The van der Waals surface area contributed by atoms with Crippen LogP contribution in [0.1, 0.15) is 36.2 Å². The highest BCUT2D eigenvalue weighted by Crippen LogP contribution is 2.23. The molecule has 1 amide bonds. The topological polar surface area (TPSA) is 51.1 Å². The summed E-state index contributed by atoms with van der Waals surface area (Å²) < 4.78 is 2.03. The van der Waals surface area contributed by atoms with E-state index in [2.05, 4.69) is 5.32 Å². The maximum atomic E-state index is 12.5. The van der Waals surface area contributed by atoms with Gasteiger partial charge in [-0.15, -0.1) is 0 Å². The average Bonchev–Trinajstić information content (AvgIpc) is 2.86. The van der Waals surface area contributed by atoms with Crippen LogP contribution >= 0.6 is 0 Å². The molecular formula is C16H18N2O2. The van der Waals surface area contributed by atoms with Crippen LogP contribution < -0.4 is 10.7 Å². The lowest BCUT2D eigenvalue weighted by Crippen LogP contribution is -2.35. The van der Waals surface area contributed by atoms with Crippen molar-refractivity contribution in [3.8, 4) is 0 Å². The number of nitrogens with zero attached hydrogens (tertiary/aromatic N) is 1. The zero-order valence-electron chi connectivity index (χ0n) is 11.8. The van der Waals surface area contributed by atoms with E-state index in [0.717, 1.165) is 24.9 Å². The van der Waals surface area contributed by atoms with Gasteiger partial charge in [0, 0.05) is 24.2 Å². The second kappa shape index (κ2) is 4.78. The summed E-state index contributed by atoms with van der Waals surface area (Å²) in [6, 6.07) is 5.82. The number of amides is 1. The monoisotopic (exact) mass is 270 g/mol. The molecule has 1 aromatic carbocycles. The number of rotatable bonds is 3. The van der Waals surface area contributed by atoms with Crippen LogP contribution in [0.4, 0.5) is 0 Å². The number of aryl methyl sites for hydroxylation is 2. The van der Waals surface area contributed by atoms with Crippen molar-refractivity contribution in [1.82, 2.24) is 9.88 Å². The minimum Gasteiger partial charge on any atom is -0.349 e. The summed E-state index contributed by atoms with van der Waals surface area (Å²) in [7, 11) is 0. The second-order valence-electron chi connectivity index (χ2n) is 5.41. The van der Waals surface area contributed by atoms with Crippen molar-refractivity contribution in [2.75, 3.05) is 0 Å². The minimum atomic E-state index is -0.271. The number of aromatic nitrogens is 1. The van der Waals surface area contributed by atoms with E-state index in [-0.39, 0.29) is 22.9 Å². The molecule has 4 nitrogen and oxygen atoms in total. The normalized spacial score (nSPS) is 14.5.